The van der Waals surface area contributed by atoms with Gasteiger partial charge in [0.15, 0.2) is 0 Å². The van der Waals surface area contributed by atoms with Crippen LogP contribution in [0.3, 0.4) is 0 Å². The third kappa shape index (κ3) is 5.42. The number of hydrogen-bond donors (Lipinski definition) is 2. The van der Waals surface area contributed by atoms with Crippen LogP contribution in [0.2, 0.25) is 0 Å². The molecular formula is C21H29N5O2. The highest BCUT2D eigenvalue weighted by atomic mass is 16.2. The van der Waals surface area contributed by atoms with Crippen molar-refractivity contribution in [1.82, 2.24) is 19.8 Å². The van der Waals surface area contributed by atoms with Crippen LogP contribution in [0, 0.1) is 13.8 Å². The number of carbonyl (C=O) groups is 1. The van der Waals surface area contributed by atoms with Crippen LogP contribution in [-0.2, 0) is 13.1 Å². The zero-order chi connectivity index (χ0) is 19.9. The fourth-order valence-electron chi connectivity index (χ4n) is 3.63. The number of nitrogens with one attached hydrogen (secondary N) is 2. The van der Waals surface area contributed by atoms with Crippen molar-refractivity contribution in [1.29, 1.82) is 0 Å². The molecule has 1 aromatic heterocycles. The Morgan fingerprint density at radius 1 is 1.14 bits per heavy atom. The van der Waals surface area contributed by atoms with Crippen molar-refractivity contribution in [3.05, 3.63) is 57.8 Å². The van der Waals surface area contributed by atoms with Crippen LogP contribution in [0.5, 0.6) is 0 Å². The number of para-hydroxylation sites is 1. The van der Waals surface area contributed by atoms with Gasteiger partial charge in [-0.1, -0.05) is 24.6 Å². The van der Waals surface area contributed by atoms with Gasteiger partial charge < -0.3 is 10.6 Å². The largest absolute Gasteiger partial charge is 0.348 e. The van der Waals surface area contributed by atoms with Crippen molar-refractivity contribution in [3.63, 3.8) is 0 Å². The van der Waals surface area contributed by atoms with Crippen molar-refractivity contribution in [2.75, 3.05) is 25.0 Å². The average molecular weight is 383 g/mol. The van der Waals surface area contributed by atoms with Gasteiger partial charge in [0.1, 0.15) is 0 Å². The second-order valence-electron chi connectivity index (χ2n) is 7.35. The first kappa shape index (κ1) is 20.1. The molecule has 2 heterocycles. The van der Waals surface area contributed by atoms with Crippen LogP contribution in [0.15, 0.2) is 35.1 Å². The maximum absolute atomic E-state index is 12.3. The normalized spacial score (nSPS) is 14.6. The summed E-state index contributed by atoms with van der Waals surface area (Å²) in [6, 6.07) is 9.51. The molecule has 2 amide bonds. The van der Waals surface area contributed by atoms with Crippen LogP contribution in [0.25, 0.3) is 0 Å². The summed E-state index contributed by atoms with van der Waals surface area (Å²) in [6.45, 7) is 7.48. The number of nitrogens with zero attached hydrogens (tertiary/aromatic N) is 3. The lowest BCUT2D eigenvalue weighted by Gasteiger charge is -2.27. The molecule has 2 aromatic rings. The second kappa shape index (κ2) is 9.50. The molecule has 0 spiro atoms. The van der Waals surface area contributed by atoms with E-state index in [1.807, 2.05) is 31.2 Å². The quantitative estimate of drug-likeness (QED) is 0.804. The summed E-state index contributed by atoms with van der Waals surface area (Å²) in [6.07, 6.45) is 3.78. The van der Waals surface area contributed by atoms with E-state index < -0.39 is 0 Å². The summed E-state index contributed by atoms with van der Waals surface area (Å²) >= 11 is 0. The number of likely N-dealkylation sites (tertiary alicyclic amines) is 1. The van der Waals surface area contributed by atoms with Crippen LogP contribution in [0.4, 0.5) is 10.5 Å². The Morgan fingerprint density at radius 3 is 2.64 bits per heavy atom. The number of hydrogen-bond acceptors (Lipinski definition) is 4. The van der Waals surface area contributed by atoms with E-state index in [2.05, 4.69) is 26.6 Å². The number of aromatic nitrogens is 2. The maximum atomic E-state index is 12.3. The third-order valence-corrected chi connectivity index (χ3v) is 5.08. The summed E-state index contributed by atoms with van der Waals surface area (Å²) in [5, 5.41) is 5.77. The van der Waals surface area contributed by atoms with E-state index in [-0.39, 0.29) is 11.7 Å². The number of aryl methyl sites for hydroxylation is 2. The van der Waals surface area contributed by atoms with Crippen molar-refractivity contribution < 1.29 is 4.79 Å². The van der Waals surface area contributed by atoms with Gasteiger partial charge in [0.2, 0.25) is 0 Å². The molecular weight excluding hydrogens is 354 g/mol. The van der Waals surface area contributed by atoms with E-state index in [9.17, 15) is 9.59 Å². The molecule has 0 bridgehead atoms. The number of urea groups is 1. The Labute approximate surface area is 165 Å². The van der Waals surface area contributed by atoms with Gasteiger partial charge in [0.25, 0.3) is 0 Å². The summed E-state index contributed by atoms with van der Waals surface area (Å²) < 4.78 is 1.57. The number of anilines is 1. The van der Waals surface area contributed by atoms with E-state index >= 15 is 0 Å². The maximum Gasteiger partial charge on any atom is 0.348 e. The van der Waals surface area contributed by atoms with Crippen LogP contribution in [-0.4, -0.2) is 40.1 Å². The molecule has 2 N–H and O–H groups in total. The molecule has 1 aromatic carbocycles. The topological polar surface area (TPSA) is 79.3 Å². The summed E-state index contributed by atoms with van der Waals surface area (Å²) in [4.78, 5) is 30.7. The molecule has 0 unspecified atom stereocenters. The lowest BCUT2D eigenvalue weighted by atomic mass is 10.1. The van der Waals surface area contributed by atoms with Crippen molar-refractivity contribution >= 4 is 11.7 Å². The molecule has 1 fully saturated rings. The van der Waals surface area contributed by atoms with Gasteiger partial charge in [-0.15, -0.1) is 0 Å². The molecule has 0 aliphatic carbocycles. The van der Waals surface area contributed by atoms with Crippen molar-refractivity contribution in [2.45, 2.75) is 46.2 Å². The number of piperidine rings is 1. The molecule has 0 radical (unpaired) electrons. The minimum absolute atomic E-state index is 0.267. The minimum Gasteiger partial charge on any atom is -0.336 e. The summed E-state index contributed by atoms with van der Waals surface area (Å²) in [5.74, 6) is 0. The molecule has 28 heavy (non-hydrogen) atoms. The molecule has 0 saturated carbocycles. The number of amides is 2. The second-order valence-corrected chi connectivity index (χ2v) is 7.35. The number of carbonyl (C=O) groups excluding carboxylic acids is 1. The fourth-order valence-corrected chi connectivity index (χ4v) is 3.63. The van der Waals surface area contributed by atoms with Gasteiger partial charge in [-0.3, -0.25) is 9.47 Å². The van der Waals surface area contributed by atoms with Crippen LogP contribution >= 0.6 is 0 Å². The van der Waals surface area contributed by atoms with E-state index in [1.165, 1.54) is 19.3 Å². The van der Waals surface area contributed by atoms with E-state index in [1.54, 1.807) is 11.5 Å². The van der Waals surface area contributed by atoms with E-state index in [4.69, 9.17) is 0 Å². The molecule has 0 atom stereocenters. The number of benzene rings is 1. The third-order valence-electron chi connectivity index (χ3n) is 5.08. The van der Waals surface area contributed by atoms with Gasteiger partial charge in [0, 0.05) is 36.7 Å². The Morgan fingerprint density at radius 2 is 1.89 bits per heavy atom. The van der Waals surface area contributed by atoms with Gasteiger partial charge in [-0.25, -0.2) is 9.59 Å². The van der Waals surface area contributed by atoms with E-state index in [0.717, 1.165) is 36.6 Å². The first-order valence-corrected chi connectivity index (χ1v) is 9.93. The van der Waals surface area contributed by atoms with Gasteiger partial charge in [-0.05, 0) is 57.5 Å². The predicted octanol–water partition coefficient (Wildman–Crippen LogP) is 2.67. The minimum atomic E-state index is -0.286. The highest BCUT2D eigenvalue weighted by Gasteiger charge is 2.13. The lowest BCUT2D eigenvalue weighted by molar-refractivity contribution is 0.221. The molecule has 3 rings (SSSR count). The van der Waals surface area contributed by atoms with Crippen LogP contribution in [0.1, 0.15) is 36.2 Å². The van der Waals surface area contributed by atoms with Gasteiger partial charge in [0.05, 0.1) is 0 Å². The predicted molar refractivity (Wildman–Crippen MR) is 111 cm³/mol. The molecule has 7 nitrogen and oxygen atoms in total. The van der Waals surface area contributed by atoms with Crippen LogP contribution < -0.4 is 16.3 Å². The lowest BCUT2D eigenvalue weighted by Crippen LogP contribution is -2.35. The summed E-state index contributed by atoms with van der Waals surface area (Å²) in [5.41, 5.74) is 3.21. The first-order valence-electron chi connectivity index (χ1n) is 9.93. The standard InChI is InChI=1S/C21H29N5O2/c1-16-14-17(2)26(21(28)23-16)13-10-22-20(27)24-19-9-5-4-8-18(19)15-25-11-6-3-7-12-25/h4-5,8-9,14H,3,6-7,10-13,15H2,1-2H3,(H2,22,24,27). The van der Waals surface area contributed by atoms with Gasteiger partial charge in [-0.2, -0.15) is 4.98 Å². The Kier molecular flexibility index (Phi) is 6.81. The zero-order valence-corrected chi connectivity index (χ0v) is 16.7. The van der Waals surface area contributed by atoms with E-state index in [0.29, 0.717) is 18.8 Å². The highest BCUT2D eigenvalue weighted by molar-refractivity contribution is 5.90. The average Bonchev–Trinajstić information content (AvgIpc) is 2.66. The Bertz CT molecular complexity index is 871. The summed E-state index contributed by atoms with van der Waals surface area (Å²) in [7, 11) is 0. The Hall–Kier alpha value is -2.67. The first-order chi connectivity index (χ1) is 13.5. The molecule has 1 aliphatic heterocycles. The number of rotatable bonds is 6. The smallest absolute Gasteiger partial charge is 0.336 e. The van der Waals surface area contributed by atoms with Crippen molar-refractivity contribution in [3.8, 4) is 0 Å². The Balaban J connectivity index is 1.54. The van der Waals surface area contributed by atoms with Crippen molar-refractivity contribution in [2.24, 2.45) is 0 Å². The van der Waals surface area contributed by atoms with Gasteiger partial charge >= 0.3 is 11.7 Å². The molecule has 150 valence electrons. The molecule has 1 aliphatic rings. The fraction of sp³-hybridized carbons (Fsp3) is 0.476. The molecule has 1 saturated heterocycles. The zero-order valence-electron chi connectivity index (χ0n) is 16.7. The highest BCUT2D eigenvalue weighted by Crippen LogP contribution is 2.19. The SMILES string of the molecule is Cc1cc(C)n(CCNC(=O)Nc2ccccc2CN2CCCCC2)c(=O)n1. The molecule has 7 heteroatoms. The monoisotopic (exact) mass is 383 g/mol.